The molecule has 0 saturated heterocycles. The lowest BCUT2D eigenvalue weighted by molar-refractivity contribution is 0.256. The summed E-state index contributed by atoms with van der Waals surface area (Å²) in [7, 11) is 1.56. The van der Waals surface area contributed by atoms with Gasteiger partial charge in [-0.1, -0.05) is 12.1 Å². The first-order valence-corrected chi connectivity index (χ1v) is 7.20. The molecule has 104 valence electrons. The molecule has 6 heteroatoms. The lowest BCUT2D eigenvalue weighted by atomic mass is 10.3. The summed E-state index contributed by atoms with van der Waals surface area (Å²) >= 11 is 1.51. The van der Waals surface area contributed by atoms with Gasteiger partial charge in [0.05, 0.1) is 12.8 Å². The van der Waals surface area contributed by atoms with Gasteiger partial charge >= 0.3 is 6.03 Å². The van der Waals surface area contributed by atoms with E-state index in [1.54, 1.807) is 19.2 Å². The molecule has 0 unspecified atom stereocenters. The zero-order valence-electron chi connectivity index (χ0n) is 11.1. The minimum atomic E-state index is -0.564. The average Bonchev–Trinajstić information content (AvgIpc) is 3.19. The van der Waals surface area contributed by atoms with Crippen LogP contribution in [-0.2, 0) is 0 Å². The smallest absolute Gasteiger partial charge is 0.325 e. The molecule has 5 nitrogen and oxygen atoms in total. The number of hydrogen-bond acceptors (Lipinski definition) is 4. The van der Waals surface area contributed by atoms with E-state index in [1.807, 2.05) is 18.3 Å². The Morgan fingerprint density at radius 3 is 2.85 bits per heavy atom. The molecule has 1 saturated carbocycles. The summed E-state index contributed by atoms with van der Waals surface area (Å²) in [6, 6.07) is 6.70. The van der Waals surface area contributed by atoms with Crippen LogP contribution >= 0.6 is 11.3 Å². The lowest BCUT2D eigenvalue weighted by Gasteiger charge is -2.19. The minimum absolute atomic E-state index is 0.564. The molecular formula is C14H15N3O2S. The fraction of sp³-hybridized carbons (Fsp3) is 0.286. The highest BCUT2D eigenvalue weighted by Crippen LogP contribution is 2.45. The number of amides is 2. The molecule has 2 N–H and O–H groups in total. The maximum Gasteiger partial charge on any atom is 0.325 e. The highest BCUT2D eigenvalue weighted by molar-refractivity contribution is 7.16. The summed E-state index contributed by atoms with van der Waals surface area (Å²) in [5.74, 6) is 1.20. The monoisotopic (exact) mass is 289 g/mol. The summed E-state index contributed by atoms with van der Waals surface area (Å²) in [5, 5.41) is 0.587. The Hall–Kier alpha value is -2.08. The molecule has 1 heterocycles. The van der Waals surface area contributed by atoms with Crippen molar-refractivity contribution in [1.82, 2.24) is 4.98 Å². The van der Waals surface area contributed by atoms with Crippen molar-refractivity contribution in [3.8, 4) is 5.75 Å². The maximum atomic E-state index is 11.8. The van der Waals surface area contributed by atoms with Crippen molar-refractivity contribution in [2.24, 2.45) is 5.73 Å². The number of methoxy groups -OCH3 is 1. The quantitative estimate of drug-likeness (QED) is 0.939. The number of ether oxygens (including phenoxy) is 1. The van der Waals surface area contributed by atoms with E-state index in [2.05, 4.69) is 4.98 Å². The molecule has 1 aromatic heterocycles. The molecule has 0 spiro atoms. The number of carbonyl (C=O) groups is 1. The van der Waals surface area contributed by atoms with E-state index in [1.165, 1.54) is 34.0 Å². The second-order valence-electron chi connectivity index (χ2n) is 4.66. The SMILES string of the molecule is COc1ccccc1N(C(N)=O)c1ncc(C2CC2)s1. The van der Waals surface area contributed by atoms with Crippen molar-refractivity contribution in [3.05, 3.63) is 35.3 Å². The van der Waals surface area contributed by atoms with Gasteiger partial charge in [0.25, 0.3) is 0 Å². The van der Waals surface area contributed by atoms with E-state index in [4.69, 9.17) is 10.5 Å². The van der Waals surface area contributed by atoms with Crippen LogP contribution < -0.4 is 15.4 Å². The zero-order chi connectivity index (χ0) is 14.1. The van der Waals surface area contributed by atoms with Gasteiger partial charge in [-0.25, -0.2) is 14.7 Å². The Morgan fingerprint density at radius 2 is 2.20 bits per heavy atom. The van der Waals surface area contributed by atoms with Crippen molar-refractivity contribution in [2.75, 3.05) is 12.0 Å². The molecule has 2 aromatic rings. The minimum Gasteiger partial charge on any atom is -0.495 e. The van der Waals surface area contributed by atoms with E-state index >= 15 is 0 Å². The van der Waals surface area contributed by atoms with Crippen LogP contribution in [0.1, 0.15) is 23.6 Å². The molecule has 0 aliphatic heterocycles. The Balaban J connectivity index is 2.01. The number of para-hydroxylation sites is 2. The Kier molecular flexibility index (Phi) is 3.31. The average molecular weight is 289 g/mol. The van der Waals surface area contributed by atoms with Crippen LogP contribution in [0.15, 0.2) is 30.5 Å². The summed E-state index contributed by atoms with van der Waals surface area (Å²) < 4.78 is 5.29. The summed E-state index contributed by atoms with van der Waals surface area (Å²) in [6.07, 6.45) is 4.24. The summed E-state index contributed by atoms with van der Waals surface area (Å²) in [5.41, 5.74) is 6.13. The highest BCUT2D eigenvalue weighted by atomic mass is 32.1. The third kappa shape index (κ3) is 2.34. The van der Waals surface area contributed by atoms with Gasteiger partial charge in [0.2, 0.25) is 0 Å². The Bertz CT molecular complexity index is 637. The summed E-state index contributed by atoms with van der Waals surface area (Å²) in [6.45, 7) is 0. The summed E-state index contributed by atoms with van der Waals surface area (Å²) in [4.78, 5) is 18.8. The third-order valence-corrected chi connectivity index (χ3v) is 4.37. The number of aromatic nitrogens is 1. The predicted molar refractivity (Wildman–Crippen MR) is 78.8 cm³/mol. The van der Waals surface area contributed by atoms with Crippen LogP contribution in [-0.4, -0.2) is 18.1 Å². The van der Waals surface area contributed by atoms with Gasteiger partial charge in [0.1, 0.15) is 5.75 Å². The second kappa shape index (κ2) is 5.13. The van der Waals surface area contributed by atoms with Gasteiger partial charge in [-0.3, -0.25) is 0 Å². The van der Waals surface area contributed by atoms with Gasteiger partial charge in [0, 0.05) is 11.1 Å². The van der Waals surface area contributed by atoms with Crippen molar-refractivity contribution in [3.63, 3.8) is 0 Å². The van der Waals surface area contributed by atoms with Crippen molar-refractivity contribution < 1.29 is 9.53 Å². The molecule has 20 heavy (non-hydrogen) atoms. The first-order valence-electron chi connectivity index (χ1n) is 6.39. The molecule has 0 bridgehead atoms. The number of nitrogens with zero attached hydrogens (tertiary/aromatic N) is 2. The van der Waals surface area contributed by atoms with Crippen LogP contribution in [0.4, 0.5) is 15.6 Å². The molecule has 2 amide bonds. The number of benzene rings is 1. The molecule has 0 radical (unpaired) electrons. The number of nitrogens with two attached hydrogens (primary N) is 1. The number of carbonyl (C=O) groups excluding carboxylic acids is 1. The predicted octanol–water partition coefficient (Wildman–Crippen LogP) is 3.25. The molecule has 1 aliphatic carbocycles. The van der Waals surface area contributed by atoms with Gasteiger partial charge in [-0.15, -0.1) is 11.3 Å². The number of urea groups is 1. The van der Waals surface area contributed by atoms with Crippen molar-refractivity contribution >= 4 is 28.2 Å². The molecule has 1 aromatic carbocycles. The van der Waals surface area contributed by atoms with E-state index < -0.39 is 6.03 Å². The number of thiazole rings is 1. The molecular weight excluding hydrogens is 274 g/mol. The maximum absolute atomic E-state index is 11.8. The third-order valence-electron chi connectivity index (χ3n) is 3.23. The number of rotatable bonds is 4. The first-order chi connectivity index (χ1) is 9.70. The van der Waals surface area contributed by atoms with Crippen LogP contribution in [0.3, 0.4) is 0 Å². The molecule has 1 fully saturated rings. The number of hydrogen-bond donors (Lipinski definition) is 1. The second-order valence-corrected chi connectivity index (χ2v) is 5.71. The standard InChI is InChI=1S/C14H15N3O2S/c1-19-11-5-3-2-4-10(11)17(13(15)18)14-16-8-12(20-14)9-6-7-9/h2-5,8-9H,6-7H2,1H3,(H2,15,18). The fourth-order valence-electron chi connectivity index (χ4n) is 2.07. The van der Waals surface area contributed by atoms with E-state index in [-0.39, 0.29) is 0 Å². The van der Waals surface area contributed by atoms with Gasteiger partial charge < -0.3 is 10.5 Å². The normalized spacial score (nSPS) is 14.1. The fourth-order valence-corrected chi connectivity index (χ4v) is 3.17. The van der Waals surface area contributed by atoms with E-state index in [0.717, 1.165) is 0 Å². The van der Waals surface area contributed by atoms with Crippen LogP contribution in [0.2, 0.25) is 0 Å². The first kappa shape index (κ1) is 12.9. The molecule has 0 atom stereocenters. The van der Waals surface area contributed by atoms with Gasteiger partial charge in [0.15, 0.2) is 5.13 Å². The van der Waals surface area contributed by atoms with Gasteiger partial charge in [-0.05, 0) is 30.9 Å². The van der Waals surface area contributed by atoms with Crippen molar-refractivity contribution in [2.45, 2.75) is 18.8 Å². The Labute approximate surface area is 121 Å². The topological polar surface area (TPSA) is 68.5 Å². The van der Waals surface area contributed by atoms with E-state index in [0.29, 0.717) is 22.5 Å². The largest absolute Gasteiger partial charge is 0.495 e. The van der Waals surface area contributed by atoms with Crippen LogP contribution in [0.5, 0.6) is 5.75 Å². The molecule has 1 aliphatic rings. The van der Waals surface area contributed by atoms with Crippen LogP contribution in [0, 0.1) is 0 Å². The van der Waals surface area contributed by atoms with Gasteiger partial charge in [-0.2, -0.15) is 0 Å². The number of primary amides is 1. The van der Waals surface area contributed by atoms with E-state index in [9.17, 15) is 4.79 Å². The number of anilines is 2. The van der Waals surface area contributed by atoms with Crippen molar-refractivity contribution in [1.29, 1.82) is 0 Å². The lowest BCUT2D eigenvalue weighted by Crippen LogP contribution is -2.31. The Morgan fingerprint density at radius 1 is 1.45 bits per heavy atom. The highest BCUT2D eigenvalue weighted by Gasteiger charge is 2.28. The molecule has 3 rings (SSSR count). The zero-order valence-corrected chi connectivity index (χ0v) is 11.9. The van der Waals surface area contributed by atoms with Crippen LogP contribution in [0.25, 0.3) is 0 Å².